The molecule has 14 heavy (non-hydrogen) atoms. The largest absolute Gasteiger partial charge is 0.414 e. The fourth-order valence-electron chi connectivity index (χ4n) is 0.502. The third-order valence-electron chi connectivity index (χ3n) is 0.950. The van der Waals surface area contributed by atoms with Crippen molar-refractivity contribution >= 4 is 7.92 Å². The van der Waals surface area contributed by atoms with Crippen LogP contribution in [0, 0.1) is 0 Å². The highest BCUT2D eigenvalue weighted by molar-refractivity contribution is 7.59. The summed E-state index contributed by atoms with van der Waals surface area (Å²) in [5.74, 6) is -11.7. The molecule has 0 aliphatic rings. The summed E-state index contributed by atoms with van der Waals surface area (Å²) >= 11 is 0. The minimum Gasteiger partial charge on any atom is -0.171 e. The Hall–Kier alpha value is -0.200. The maximum atomic E-state index is 11.6. The van der Waals surface area contributed by atoms with Crippen LogP contribution in [0.5, 0.6) is 0 Å². The highest BCUT2D eigenvalue weighted by Crippen LogP contribution is 2.65. The minimum absolute atomic E-state index is 2.88. The van der Waals surface area contributed by atoms with Crippen molar-refractivity contribution < 1.29 is 39.5 Å². The van der Waals surface area contributed by atoms with Crippen molar-refractivity contribution in [3.05, 3.63) is 0 Å². The van der Waals surface area contributed by atoms with E-state index in [1.165, 1.54) is 0 Å². The lowest BCUT2D eigenvalue weighted by molar-refractivity contribution is -0.121. The second-order valence-corrected chi connectivity index (χ2v) is 4.32. The second kappa shape index (κ2) is 3.75. The molecule has 0 N–H and O–H groups in total. The number of halogens is 9. The van der Waals surface area contributed by atoms with E-state index < -0.39 is 32.1 Å². The summed E-state index contributed by atoms with van der Waals surface area (Å²) in [4.78, 5) is 0. The molecule has 0 spiro atoms. The average molecular weight is 252 g/mol. The standard InChI is InChI=1S/C4H2F9P/c5-2(6,7)1-14(3(8,9)10)4(11,12)13/h1H2. The smallest absolute Gasteiger partial charge is 0.171 e. The van der Waals surface area contributed by atoms with Crippen LogP contribution >= 0.6 is 7.92 Å². The molecule has 86 valence electrons. The Morgan fingerprint density at radius 2 is 0.929 bits per heavy atom. The Kier molecular flexibility index (Phi) is 3.70. The number of alkyl halides is 9. The van der Waals surface area contributed by atoms with Crippen LogP contribution in [-0.4, -0.2) is 24.2 Å². The first-order valence-corrected chi connectivity index (χ1v) is 4.34. The second-order valence-electron chi connectivity index (χ2n) is 2.14. The summed E-state index contributed by atoms with van der Waals surface area (Å²) in [6.45, 7) is 0. The Balaban J connectivity index is 4.78. The van der Waals surface area contributed by atoms with Gasteiger partial charge in [0.1, 0.15) is 7.92 Å². The van der Waals surface area contributed by atoms with Gasteiger partial charge in [0.15, 0.2) is 0 Å². The van der Waals surface area contributed by atoms with Crippen molar-refractivity contribution in [1.82, 2.24) is 0 Å². The first-order valence-electron chi connectivity index (χ1n) is 2.82. The number of hydrogen-bond donors (Lipinski definition) is 0. The number of rotatable bonds is 1. The van der Waals surface area contributed by atoms with E-state index >= 15 is 0 Å². The van der Waals surface area contributed by atoms with Crippen molar-refractivity contribution in [3.63, 3.8) is 0 Å². The molecular weight excluding hydrogens is 250 g/mol. The SMILES string of the molecule is FC(F)(F)CP(C(F)(F)F)C(F)(F)F. The van der Waals surface area contributed by atoms with Gasteiger partial charge in [0.05, 0.1) is 6.16 Å². The van der Waals surface area contributed by atoms with Crippen LogP contribution in [-0.2, 0) is 0 Å². The summed E-state index contributed by atoms with van der Waals surface area (Å²) < 4.78 is 103. The third kappa shape index (κ3) is 4.88. The molecule has 0 aliphatic carbocycles. The quantitative estimate of drug-likeness (QED) is 0.487. The molecule has 0 nitrogen and oxygen atoms in total. The van der Waals surface area contributed by atoms with Gasteiger partial charge in [0, 0.05) is 0 Å². The Morgan fingerprint density at radius 3 is 1.00 bits per heavy atom. The van der Waals surface area contributed by atoms with Gasteiger partial charge < -0.3 is 0 Å². The third-order valence-corrected chi connectivity index (χ3v) is 2.85. The maximum Gasteiger partial charge on any atom is 0.414 e. The molecule has 0 aliphatic heterocycles. The van der Waals surface area contributed by atoms with Gasteiger partial charge in [0.25, 0.3) is 0 Å². The first-order chi connectivity index (χ1) is 5.84. The predicted octanol–water partition coefficient (Wildman–Crippen LogP) is 4.07. The molecule has 0 unspecified atom stereocenters. The summed E-state index contributed by atoms with van der Waals surface area (Å²) in [5.41, 5.74) is 0. The van der Waals surface area contributed by atoms with Crippen molar-refractivity contribution in [2.24, 2.45) is 0 Å². The van der Waals surface area contributed by atoms with E-state index in [0.29, 0.717) is 0 Å². The first kappa shape index (κ1) is 13.8. The topological polar surface area (TPSA) is 0 Å². The van der Waals surface area contributed by atoms with Gasteiger partial charge in [-0.15, -0.1) is 0 Å². The molecule has 0 rings (SSSR count). The molecule has 0 bridgehead atoms. The molecule has 0 aromatic rings. The van der Waals surface area contributed by atoms with E-state index in [0.717, 1.165) is 0 Å². The summed E-state index contributed by atoms with van der Waals surface area (Å²) in [7, 11) is -5.06. The average Bonchev–Trinajstić information content (AvgIpc) is 1.75. The van der Waals surface area contributed by atoms with Crippen LogP contribution in [0.4, 0.5) is 39.5 Å². The zero-order valence-corrected chi connectivity index (χ0v) is 6.95. The van der Waals surface area contributed by atoms with E-state index in [-0.39, 0.29) is 0 Å². The molecular formula is C4H2F9P. The highest BCUT2D eigenvalue weighted by atomic mass is 31.1. The molecule has 0 radical (unpaired) electrons. The number of hydrogen-bond acceptors (Lipinski definition) is 0. The van der Waals surface area contributed by atoms with E-state index in [9.17, 15) is 39.5 Å². The van der Waals surface area contributed by atoms with E-state index in [4.69, 9.17) is 0 Å². The lowest BCUT2D eigenvalue weighted by atomic mass is 10.8. The molecule has 0 aromatic heterocycles. The predicted molar refractivity (Wildman–Crippen MR) is 30.0 cm³/mol. The molecule has 0 fully saturated rings. The lowest BCUT2D eigenvalue weighted by Crippen LogP contribution is -2.26. The van der Waals surface area contributed by atoms with Gasteiger partial charge >= 0.3 is 18.0 Å². The summed E-state index contributed by atoms with van der Waals surface area (Å²) in [6.07, 6.45) is -8.36. The van der Waals surface area contributed by atoms with Gasteiger partial charge in [-0.2, -0.15) is 39.5 Å². The molecule has 0 amide bonds. The normalized spacial score (nSPS) is 15.0. The lowest BCUT2D eigenvalue weighted by Gasteiger charge is -2.23. The van der Waals surface area contributed by atoms with Crippen molar-refractivity contribution in [3.8, 4) is 0 Å². The highest BCUT2D eigenvalue weighted by Gasteiger charge is 2.60. The monoisotopic (exact) mass is 252 g/mol. The van der Waals surface area contributed by atoms with Gasteiger partial charge in [-0.1, -0.05) is 0 Å². The Bertz CT molecular complexity index is 170. The fourth-order valence-corrected chi connectivity index (χ4v) is 1.51. The van der Waals surface area contributed by atoms with Crippen molar-refractivity contribution in [1.29, 1.82) is 0 Å². The minimum atomic E-state index is -5.87. The molecule has 10 heteroatoms. The molecule has 0 atom stereocenters. The maximum absolute atomic E-state index is 11.6. The van der Waals surface area contributed by atoms with Gasteiger partial charge in [-0.25, -0.2) is 0 Å². The molecule has 0 heterocycles. The van der Waals surface area contributed by atoms with Crippen molar-refractivity contribution in [2.45, 2.75) is 18.0 Å². The Labute approximate surface area is 72.8 Å². The molecule has 0 saturated heterocycles. The van der Waals surface area contributed by atoms with E-state index in [1.54, 1.807) is 0 Å². The summed E-state index contributed by atoms with van der Waals surface area (Å²) in [6, 6.07) is 0. The van der Waals surface area contributed by atoms with E-state index in [2.05, 4.69) is 0 Å². The van der Waals surface area contributed by atoms with Gasteiger partial charge in [0.2, 0.25) is 0 Å². The van der Waals surface area contributed by atoms with Crippen LogP contribution in [0.15, 0.2) is 0 Å². The van der Waals surface area contributed by atoms with Crippen LogP contribution in [0.1, 0.15) is 0 Å². The van der Waals surface area contributed by atoms with Crippen LogP contribution < -0.4 is 0 Å². The van der Waals surface area contributed by atoms with Crippen LogP contribution in [0.3, 0.4) is 0 Å². The zero-order chi connectivity index (χ0) is 11.8. The molecule has 0 saturated carbocycles. The molecule has 0 aromatic carbocycles. The van der Waals surface area contributed by atoms with Crippen LogP contribution in [0.2, 0.25) is 0 Å². The van der Waals surface area contributed by atoms with E-state index in [1.807, 2.05) is 0 Å². The van der Waals surface area contributed by atoms with Gasteiger partial charge in [-0.3, -0.25) is 0 Å². The van der Waals surface area contributed by atoms with Crippen molar-refractivity contribution in [2.75, 3.05) is 6.16 Å². The van der Waals surface area contributed by atoms with Crippen LogP contribution in [0.25, 0.3) is 0 Å². The zero-order valence-electron chi connectivity index (χ0n) is 6.06. The summed E-state index contributed by atoms with van der Waals surface area (Å²) in [5, 5.41) is 0. The Morgan fingerprint density at radius 1 is 0.643 bits per heavy atom. The fraction of sp³-hybridized carbons (Fsp3) is 1.00. The van der Waals surface area contributed by atoms with Gasteiger partial charge in [-0.05, 0) is 0 Å².